The van der Waals surface area contributed by atoms with Crippen LogP contribution in [0.2, 0.25) is 0 Å². The highest BCUT2D eigenvalue weighted by Crippen LogP contribution is 2.26. The van der Waals surface area contributed by atoms with Crippen LogP contribution in [0, 0.1) is 0 Å². The van der Waals surface area contributed by atoms with Crippen LogP contribution in [-0.2, 0) is 17.7 Å². The molecule has 0 spiro atoms. The van der Waals surface area contributed by atoms with Crippen molar-refractivity contribution in [3.8, 4) is 0 Å². The molecule has 0 radical (unpaired) electrons. The Morgan fingerprint density at radius 3 is 3.22 bits per heavy atom. The standard InChI is InChI=1S/C15H22N2O/c1-17-7-2-3-13-9-12(4-5-15(13)17)10-16-14-6-8-18-11-14/h4-5,9,14,16H,2-3,6-8,10-11H2,1H3. The van der Waals surface area contributed by atoms with Crippen molar-refractivity contribution < 1.29 is 4.74 Å². The van der Waals surface area contributed by atoms with Gasteiger partial charge in [-0.15, -0.1) is 0 Å². The molecule has 1 fully saturated rings. The molecular formula is C15H22N2O. The lowest BCUT2D eigenvalue weighted by Crippen LogP contribution is -2.29. The Hall–Kier alpha value is -1.06. The normalized spacial score (nSPS) is 23.2. The molecule has 0 saturated carbocycles. The van der Waals surface area contributed by atoms with Crippen LogP contribution < -0.4 is 10.2 Å². The van der Waals surface area contributed by atoms with E-state index in [0.29, 0.717) is 6.04 Å². The number of benzene rings is 1. The summed E-state index contributed by atoms with van der Waals surface area (Å²) in [6.45, 7) is 3.93. The summed E-state index contributed by atoms with van der Waals surface area (Å²) in [4.78, 5) is 2.36. The molecule has 2 aliphatic heterocycles. The predicted octanol–water partition coefficient (Wildman–Crippen LogP) is 1.95. The van der Waals surface area contributed by atoms with Crippen LogP contribution in [0.4, 0.5) is 5.69 Å². The Balaban J connectivity index is 1.66. The fourth-order valence-corrected chi connectivity index (χ4v) is 2.91. The molecule has 1 atom stereocenters. The van der Waals surface area contributed by atoms with Crippen molar-refractivity contribution >= 4 is 5.69 Å². The van der Waals surface area contributed by atoms with Gasteiger partial charge in [-0.25, -0.2) is 0 Å². The monoisotopic (exact) mass is 246 g/mol. The molecule has 3 nitrogen and oxygen atoms in total. The Bertz CT molecular complexity index is 413. The maximum absolute atomic E-state index is 5.38. The van der Waals surface area contributed by atoms with Crippen LogP contribution in [0.5, 0.6) is 0 Å². The SMILES string of the molecule is CN1CCCc2cc(CNC3CCOC3)ccc21. The number of fused-ring (bicyclic) bond motifs is 1. The van der Waals surface area contributed by atoms with Crippen molar-refractivity contribution in [2.75, 3.05) is 31.7 Å². The lowest BCUT2D eigenvalue weighted by atomic mass is 9.99. The minimum Gasteiger partial charge on any atom is -0.380 e. The van der Waals surface area contributed by atoms with Gasteiger partial charge in [0.25, 0.3) is 0 Å². The molecule has 2 heterocycles. The fraction of sp³-hybridized carbons (Fsp3) is 0.600. The molecule has 1 unspecified atom stereocenters. The lowest BCUT2D eigenvalue weighted by molar-refractivity contribution is 0.190. The van der Waals surface area contributed by atoms with E-state index in [4.69, 9.17) is 4.74 Å². The molecule has 98 valence electrons. The maximum Gasteiger partial charge on any atom is 0.0620 e. The van der Waals surface area contributed by atoms with E-state index in [1.807, 2.05) is 0 Å². The summed E-state index contributed by atoms with van der Waals surface area (Å²) in [6, 6.07) is 7.44. The van der Waals surface area contributed by atoms with Gasteiger partial charge < -0.3 is 15.0 Å². The first-order valence-electron chi connectivity index (χ1n) is 6.97. The van der Waals surface area contributed by atoms with Crippen LogP contribution in [0.3, 0.4) is 0 Å². The average molecular weight is 246 g/mol. The van der Waals surface area contributed by atoms with Gasteiger partial charge in [0.1, 0.15) is 0 Å². The average Bonchev–Trinajstić information content (AvgIpc) is 2.90. The third-order valence-electron chi connectivity index (χ3n) is 4.02. The summed E-state index contributed by atoms with van der Waals surface area (Å²) in [6.07, 6.45) is 3.64. The highest BCUT2D eigenvalue weighted by Gasteiger charge is 2.16. The molecule has 3 rings (SSSR count). The van der Waals surface area contributed by atoms with Gasteiger partial charge in [0.15, 0.2) is 0 Å². The predicted molar refractivity (Wildman–Crippen MR) is 74.1 cm³/mol. The number of nitrogens with one attached hydrogen (secondary N) is 1. The minimum absolute atomic E-state index is 0.545. The molecule has 2 aliphatic rings. The van der Waals surface area contributed by atoms with Gasteiger partial charge in [0.05, 0.1) is 6.61 Å². The van der Waals surface area contributed by atoms with E-state index in [9.17, 15) is 0 Å². The van der Waals surface area contributed by atoms with Crippen molar-refractivity contribution in [2.45, 2.75) is 31.8 Å². The second-order valence-corrected chi connectivity index (χ2v) is 5.43. The number of aryl methyl sites for hydroxylation is 1. The van der Waals surface area contributed by atoms with Crippen LogP contribution in [0.25, 0.3) is 0 Å². The fourth-order valence-electron chi connectivity index (χ4n) is 2.91. The number of rotatable bonds is 3. The molecule has 3 heteroatoms. The summed E-state index contributed by atoms with van der Waals surface area (Å²) < 4.78 is 5.38. The lowest BCUT2D eigenvalue weighted by Gasteiger charge is -2.28. The van der Waals surface area contributed by atoms with Gasteiger partial charge in [0.2, 0.25) is 0 Å². The maximum atomic E-state index is 5.38. The second kappa shape index (κ2) is 5.29. The van der Waals surface area contributed by atoms with Crippen molar-refractivity contribution in [1.82, 2.24) is 5.32 Å². The van der Waals surface area contributed by atoms with Gasteiger partial charge in [0, 0.05) is 38.5 Å². The topological polar surface area (TPSA) is 24.5 Å². The first-order chi connectivity index (χ1) is 8.83. The van der Waals surface area contributed by atoms with E-state index in [1.54, 1.807) is 0 Å². The molecule has 0 aliphatic carbocycles. The first-order valence-corrected chi connectivity index (χ1v) is 6.97. The quantitative estimate of drug-likeness (QED) is 0.882. The Morgan fingerprint density at radius 2 is 2.39 bits per heavy atom. The van der Waals surface area contributed by atoms with Crippen molar-refractivity contribution in [2.24, 2.45) is 0 Å². The number of nitrogens with zero attached hydrogens (tertiary/aromatic N) is 1. The number of hydrogen-bond donors (Lipinski definition) is 1. The van der Waals surface area contributed by atoms with E-state index in [1.165, 1.54) is 36.2 Å². The van der Waals surface area contributed by atoms with Crippen LogP contribution in [0.1, 0.15) is 24.0 Å². The smallest absolute Gasteiger partial charge is 0.0620 e. The number of ether oxygens (including phenoxy) is 1. The summed E-state index contributed by atoms with van der Waals surface area (Å²) in [5, 5.41) is 3.58. The Morgan fingerprint density at radius 1 is 1.44 bits per heavy atom. The minimum atomic E-state index is 0.545. The molecular weight excluding hydrogens is 224 g/mol. The first kappa shape index (κ1) is 12.0. The Kier molecular flexibility index (Phi) is 3.52. The van der Waals surface area contributed by atoms with Crippen LogP contribution in [0.15, 0.2) is 18.2 Å². The third kappa shape index (κ3) is 2.52. The summed E-state index contributed by atoms with van der Waals surface area (Å²) in [5.41, 5.74) is 4.32. The summed E-state index contributed by atoms with van der Waals surface area (Å²) >= 11 is 0. The van der Waals surface area contributed by atoms with Crippen molar-refractivity contribution in [1.29, 1.82) is 0 Å². The summed E-state index contributed by atoms with van der Waals surface area (Å²) in [5.74, 6) is 0. The van der Waals surface area contributed by atoms with Crippen LogP contribution >= 0.6 is 0 Å². The zero-order valence-electron chi connectivity index (χ0n) is 11.1. The van der Waals surface area contributed by atoms with E-state index in [0.717, 1.165) is 26.2 Å². The highest BCUT2D eigenvalue weighted by molar-refractivity contribution is 5.56. The van der Waals surface area contributed by atoms with Crippen LogP contribution in [-0.4, -0.2) is 32.8 Å². The molecule has 0 amide bonds. The van der Waals surface area contributed by atoms with Gasteiger partial charge >= 0.3 is 0 Å². The van der Waals surface area contributed by atoms with Crippen molar-refractivity contribution in [3.05, 3.63) is 29.3 Å². The number of hydrogen-bond acceptors (Lipinski definition) is 3. The van der Waals surface area contributed by atoms with E-state index >= 15 is 0 Å². The van der Waals surface area contributed by atoms with Gasteiger partial charge in [-0.1, -0.05) is 12.1 Å². The Labute approximate surface area is 109 Å². The molecule has 1 aromatic carbocycles. The largest absolute Gasteiger partial charge is 0.380 e. The zero-order valence-corrected chi connectivity index (χ0v) is 11.1. The van der Waals surface area contributed by atoms with Gasteiger partial charge in [-0.3, -0.25) is 0 Å². The molecule has 1 aromatic rings. The number of anilines is 1. The molecule has 0 aromatic heterocycles. The second-order valence-electron chi connectivity index (χ2n) is 5.43. The van der Waals surface area contributed by atoms with Crippen molar-refractivity contribution in [3.63, 3.8) is 0 Å². The molecule has 0 bridgehead atoms. The van der Waals surface area contributed by atoms with E-state index < -0.39 is 0 Å². The summed E-state index contributed by atoms with van der Waals surface area (Å²) in [7, 11) is 2.19. The van der Waals surface area contributed by atoms with Gasteiger partial charge in [-0.05, 0) is 36.5 Å². The molecule has 18 heavy (non-hydrogen) atoms. The van der Waals surface area contributed by atoms with E-state index in [-0.39, 0.29) is 0 Å². The zero-order chi connectivity index (χ0) is 12.4. The molecule has 1 saturated heterocycles. The third-order valence-corrected chi connectivity index (χ3v) is 4.02. The molecule has 1 N–H and O–H groups in total. The van der Waals surface area contributed by atoms with E-state index in [2.05, 4.69) is 35.5 Å². The van der Waals surface area contributed by atoms with Gasteiger partial charge in [-0.2, -0.15) is 0 Å². The highest BCUT2D eigenvalue weighted by atomic mass is 16.5.